The number of aromatic nitrogens is 2. The van der Waals surface area contributed by atoms with Crippen LogP contribution in [-0.2, 0) is 11.0 Å². The molecule has 1 aliphatic carbocycles. The van der Waals surface area contributed by atoms with Gasteiger partial charge in [0.05, 0.1) is 11.1 Å². The van der Waals surface area contributed by atoms with E-state index >= 15 is 0 Å². The minimum absolute atomic E-state index is 0.0297. The van der Waals surface area contributed by atoms with Gasteiger partial charge in [0.1, 0.15) is 5.82 Å². The third kappa shape index (κ3) is 3.33. The summed E-state index contributed by atoms with van der Waals surface area (Å²) in [5.41, 5.74) is -1.21. The Labute approximate surface area is 169 Å². The maximum Gasteiger partial charge on any atom is 0.416 e. The molecule has 0 radical (unpaired) electrons. The Morgan fingerprint density at radius 1 is 1.10 bits per heavy atom. The second-order valence-corrected chi connectivity index (χ2v) is 8.58. The van der Waals surface area contributed by atoms with Crippen LogP contribution in [0, 0.1) is 10.2 Å². The molecule has 9 heteroatoms. The van der Waals surface area contributed by atoms with Gasteiger partial charge in [0, 0.05) is 23.6 Å². The molecule has 0 amide bonds. The van der Waals surface area contributed by atoms with Gasteiger partial charge in [-0.2, -0.15) is 13.2 Å². The number of hydrogen-bond donors (Lipinski definition) is 3. The first-order valence-corrected chi connectivity index (χ1v) is 9.45. The fraction of sp³-hybridized carbons (Fsp3) is 0.350. The Bertz CT molecular complexity index is 1170. The zero-order valence-corrected chi connectivity index (χ0v) is 16.5. The number of H-pyrrole nitrogens is 2. The number of rotatable bonds is 1. The summed E-state index contributed by atoms with van der Waals surface area (Å²) < 4.78 is 41.3. The fourth-order valence-electron chi connectivity index (χ4n) is 4.26. The van der Waals surface area contributed by atoms with Crippen LogP contribution in [0.1, 0.15) is 49.3 Å². The lowest BCUT2D eigenvalue weighted by atomic mass is 9.69. The highest BCUT2D eigenvalue weighted by atomic mass is 32.1. The van der Waals surface area contributed by atoms with Crippen LogP contribution in [-0.4, -0.2) is 15.8 Å². The van der Waals surface area contributed by atoms with Crippen LogP contribution < -0.4 is 10.9 Å². The first-order valence-electron chi connectivity index (χ1n) is 9.04. The highest BCUT2D eigenvalue weighted by molar-refractivity contribution is 7.71. The van der Waals surface area contributed by atoms with E-state index < -0.39 is 23.2 Å². The average Bonchev–Trinajstić information content (AvgIpc) is 2.57. The molecule has 1 atom stereocenters. The summed E-state index contributed by atoms with van der Waals surface area (Å²) in [6, 6.07) is 5.05. The van der Waals surface area contributed by atoms with Crippen molar-refractivity contribution in [1.29, 1.82) is 0 Å². The van der Waals surface area contributed by atoms with Crippen molar-refractivity contribution in [2.45, 2.75) is 38.8 Å². The minimum Gasteiger partial charge on any atom is -0.344 e. The molecule has 152 valence electrons. The molecule has 0 saturated carbocycles. The first kappa shape index (κ1) is 19.6. The molecule has 2 aromatic rings. The molecule has 5 nitrogen and oxygen atoms in total. The second kappa shape index (κ2) is 6.41. The predicted molar refractivity (Wildman–Crippen MR) is 104 cm³/mol. The average molecular weight is 421 g/mol. The molecule has 3 N–H and O–H groups in total. The van der Waals surface area contributed by atoms with Crippen LogP contribution in [0.25, 0.3) is 0 Å². The number of allylic oxidation sites excluding steroid dienone is 2. The molecular weight excluding hydrogens is 403 g/mol. The molecule has 4 rings (SSSR count). The molecule has 1 aromatic heterocycles. The number of carbonyl (C=O) groups is 1. The van der Waals surface area contributed by atoms with E-state index in [0.29, 0.717) is 12.1 Å². The highest BCUT2D eigenvalue weighted by Gasteiger charge is 2.45. The highest BCUT2D eigenvalue weighted by Crippen LogP contribution is 2.49. The van der Waals surface area contributed by atoms with E-state index in [1.54, 1.807) is 0 Å². The van der Waals surface area contributed by atoms with E-state index in [1.165, 1.54) is 18.2 Å². The summed E-state index contributed by atoms with van der Waals surface area (Å²) in [5.74, 6) is -1.18. The van der Waals surface area contributed by atoms with Crippen LogP contribution >= 0.6 is 12.2 Å². The van der Waals surface area contributed by atoms with Gasteiger partial charge in [-0.15, -0.1) is 0 Å². The van der Waals surface area contributed by atoms with Crippen LogP contribution in [0.3, 0.4) is 0 Å². The van der Waals surface area contributed by atoms with Gasteiger partial charge in [0.15, 0.2) is 10.6 Å². The number of benzene rings is 1. The van der Waals surface area contributed by atoms with Crippen LogP contribution in [0.4, 0.5) is 19.0 Å². The lowest BCUT2D eigenvalue weighted by molar-refractivity contribution is -0.138. The van der Waals surface area contributed by atoms with E-state index in [0.717, 1.165) is 6.07 Å². The second-order valence-electron chi connectivity index (χ2n) is 8.17. The number of ketones is 1. The minimum atomic E-state index is -4.63. The number of Topliss-reactive ketones (excluding diaryl/α,β-unsaturated/α-hetero) is 1. The van der Waals surface area contributed by atoms with Gasteiger partial charge in [0.2, 0.25) is 0 Å². The summed E-state index contributed by atoms with van der Waals surface area (Å²) in [7, 11) is 0. The number of halogens is 3. The number of anilines is 1. The summed E-state index contributed by atoms with van der Waals surface area (Å²) >= 11 is 5.03. The molecule has 1 aromatic carbocycles. The quantitative estimate of drug-likeness (QED) is 0.586. The fourth-order valence-corrected chi connectivity index (χ4v) is 4.46. The van der Waals surface area contributed by atoms with Crippen molar-refractivity contribution in [3.8, 4) is 0 Å². The maximum absolute atomic E-state index is 13.8. The molecule has 0 bridgehead atoms. The predicted octanol–water partition coefficient (Wildman–Crippen LogP) is 4.65. The maximum atomic E-state index is 13.8. The standard InChI is InChI=1S/C20H18F3N3O2S/c1-19(2)7-11-14(12(27)8-19)13(9-5-3-4-6-10(9)20(21,22)23)15-16(24-11)25-18(29)26-17(15)28/h3-6,13H,7-8H2,1-2H3,(H3,24,25,26,28,29)/t13-/m0/s1. The Morgan fingerprint density at radius 3 is 2.48 bits per heavy atom. The van der Waals surface area contributed by atoms with Gasteiger partial charge >= 0.3 is 6.18 Å². The Hall–Kier alpha value is -2.68. The molecule has 0 fully saturated rings. The first-order chi connectivity index (χ1) is 13.5. The zero-order valence-electron chi connectivity index (χ0n) is 15.7. The molecular formula is C20H18F3N3O2S. The molecule has 2 heterocycles. The zero-order chi connectivity index (χ0) is 21.1. The van der Waals surface area contributed by atoms with E-state index in [-0.39, 0.29) is 44.9 Å². The summed E-state index contributed by atoms with van der Waals surface area (Å²) in [5, 5.41) is 3.06. The van der Waals surface area contributed by atoms with Gasteiger partial charge in [0.25, 0.3) is 5.56 Å². The molecule has 1 aliphatic heterocycles. The van der Waals surface area contributed by atoms with Gasteiger partial charge in [-0.1, -0.05) is 32.0 Å². The van der Waals surface area contributed by atoms with E-state index in [4.69, 9.17) is 12.2 Å². The van der Waals surface area contributed by atoms with Crippen molar-refractivity contribution in [2.24, 2.45) is 5.41 Å². The normalized spacial score (nSPS) is 20.7. The monoisotopic (exact) mass is 421 g/mol. The van der Waals surface area contributed by atoms with Crippen molar-refractivity contribution in [3.05, 3.63) is 67.4 Å². The van der Waals surface area contributed by atoms with Crippen molar-refractivity contribution in [1.82, 2.24) is 9.97 Å². The summed E-state index contributed by atoms with van der Waals surface area (Å²) in [4.78, 5) is 31.0. The third-order valence-electron chi connectivity index (χ3n) is 5.33. The Morgan fingerprint density at radius 2 is 1.79 bits per heavy atom. The van der Waals surface area contributed by atoms with Crippen molar-refractivity contribution < 1.29 is 18.0 Å². The van der Waals surface area contributed by atoms with Crippen molar-refractivity contribution in [3.63, 3.8) is 0 Å². The van der Waals surface area contributed by atoms with E-state index in [1.807, 2.05) is 13.8 Å². The number of fused-ring (bicyclic) bond motifs is 1. The van der Waals surface area contributed by atoms with Crippen molar-refractivity contribution in [2.75, 3.05) is 5.32 Å². The van der Waals surface area contributed by atoms with E-state index in [9.17, 15) is 22.8 Å². The lowest BCUT2D eigenvalue weighted by Gasteiger charge is -2.39. The number of hydrogen-bond acceptors (Lipinski definition) is 4. The molecule has 0 saturated heterocycles. The number of aromatic amines is 2. The van der Waals surface area contributed by atoms with Gasteiger partial charge in [-0.05, 0) is 35.7 Å². The molecule has 0 spiro atoms. The number of nitrogens with one attached hydrogen (secondary N) is 3. The van der Waals surface area contributed by atoms with Gasteiger partial charge in [-0.25, -0.2) is 0 Å². The summed E-state index contributed by atoms with van der Waals surface area (Å²) in [6.45, 7) is 3.84. The smallest absolute Gasteiger partial charge is 0.344 e. The number of alkyl halides is 3. The SMILES string of the molecule is CC1(C)CC(=O)C2=C(C1)Nc1[nH]c(=S)[nH]c(=O)c1[C@H]2c1ccccc1C(F)(F)F. The molecule has 2 aliphatic rings. The lowest BCUT2D eigenvalue weighted by Crippen LogP contribution is -2.37. The summed E-state index contributed by atoms with van der Waals surface area (Å²) in [6.07, 6.45) is -3.98. The number of carbonyl (C=O) groups excluding carboxylic acids is 1. The Kier molecular flexibility index (Phi) is 4.34. The third-order valence-corrected chi connectivity index (χ3v) is 5.53. The van der Waals surface area contributed by atoms with Crippen LogP contribution in [0.5, 0.6) is 0 Å². The van der Waals surface area contributed by atoms with Crippen LogP contribution in [0.15, 0.2) is 40.3 Å². The van der Waals surface area contributed by atoms with Gasteiger partial charge in [-0.3, -0.25) is 14.6 Å². The topological polar surface area (TPSA) is 77.8 Å². The van der Waals surface area contributed by atoms with Crippen LogP contribution in [0.2, 0.25) is 0 Å². The van der Waals surface area contributed by atoms with Gasteiger partial charge < -0.3 is 10.3 Å². The largest absolute Gasteiger partial charge is 0.416 e. The molecule has 0 unspecified atom stereocenters. The van der Waals surface area contributed by atoms with E-state index in [2.05, 4.69) is 15.3 Å². The Balaban J connectivity index is 2.06. The van der Waals surface area contributed by atoms with Crippen molar-refractivity contribution >= 4 is 23.8 Å². The molecule has 29 heavy (non-hydrogen) atoms.